The standard InChI is InChI=1S/C12H15NO5S/c14-7-12(3-4-12)6-13-19(15,16)9-1-2-10-11(5-9)18-8-17-10/h1-2,5,13-14H,3-4,6-8H2. The van der Waals surface area contributed by atoms with Crippen molar-refractivity contribution in [3.8, 4) is 11.5 Å². The van der Waals surface area contributed by atoms with Gasteiger partial charge >= 0.3 is 0 Å². The van der Waals surface area contributed by atoms with E-state index in [4.69, 9.17) is 9.47 Å². The Morgan fingerprint density at radius 3 is 2.68 bits per heavy atom. The van der Waals surface area contributed by atoms with Crippen molar-refractivity contribution in [1.29, 1.82) is 0 Å². The lowest BCUT2D eigenvalue weighted by atomic mass is 10.1. The summed E-state index contributed by atoms with van der Waals surface area (Å²) in [7, 11) is -3.58. The van der Waals surface area contributed by atoms with Crippen molar-refractivity contribution in [2.45, 2.75) is 17.7 Å². The van der Waals surface area contributed by atoms with E-state index >= 15 is 0 Å². The Morgan fingerprint density at radius 2 is 2.00 bits per heavy atom. The van der Waals surface area contributed by atoms with Crippen molar-refractivity contribution in [3.05, 3.63) is 18.2 Å². The van der Waals surface area contributed by atoms with E-state index in [1.807, 2.05) is 0 Å². The number of hydrogen-bond donors (Lipinski definition) is 2. The molecule has 2 aliphatic rings. The zero-order valence-corrected chi connectivity index (χ0v) is 11.1. The van der Waals surface area contributed by atoms with Gasteiger partial charge in [-0.2, -0.15) is 0 Å². The maximum Gasteiger partial charge on any atom is 0.240 e. The van der Waals surface area contributed by atoms with E-state index in [2.05, 4.69) is 4.72 Å². The topological polar surface area (TPSA) is 84.9 Å². The number of hydrogen-bond acceptors (Lipinski definition) is 5. The summed E-state index contributed by atoms with van der Waals surface area (Å²) in [4.78, 5) is 0.144. The van der Waals surface area contributed by atoms with Crippen LogP contribution >= 0.6 is 0 Å². The summed E-state index contributed by atoms with van der Waals surface area (Å²) >= 11 is 0. The lowest BCUT2D eigenvalue weighted by Gasteiger charge is -2.13. The van der Waals surface area contributed by atoms with Gasteiger partial charge in [-0.15, -0.1) is 0 Å². The van der Waals surface area contributed by atoms with Crippen LogP contribution in [0.25, 0.3) is 0 Å². The maximum atomic E-state index is 12.1. The minimum atomic E-state index is -3.58. The highest BCUT2D eigenvalue weighted by molar-refractivity contribution is 7.89. The van der Waals surface area contributed by atoms with Crippen LogP contribution in [0.2, 0.25) is 0 Å². The van der Waals surface area contributed by atoms with Crippen LogP contribution in [0.3, 0.4) is 0 Å². The van der Waals surface area contributed by atoms with Gasteiger partial charge < -0.3 is 14.6 Å². The third kappa shape index (κ3) is 2.41. The molecule has 0 radical (unpaired) electrons. The van der Waals surface area contributed by atoms with Gasteiger partial charge in [-0.25, -0.2) is 13.1 Å². The molecule has 1 aliphatic carbocycles. The van der Waals surface area contributed by atoms with E-state index in [-0.39, 0.29) is 30.3 Å². The number of benzene rings is 1. The van der Waals surface area contributed by atoms with Gasteiger partial charge in [-0.1, -0.05) is 0 Å². The lowest BCUT2D eigenvalue weighted by molar-refractivity contribution is 0.174. The zero-order valence-electron chi connectivity index (χ0n) is 10.3. The fourth-order valence-electron chi connectivity index (χ4n) is 1.94. The predicted molar refractivity (Wildman–Crippen MR) is 66.5 cm³/mol. The molecule has 3 rings (SSSR count). The van der Waals surface area contributed by atoms with E-state index in [9.17, 15) is 13.5 Å². The van der Waals surface area contributed by atoms with E-state index < -0.39 is 10.0 Å². The molecular formula is C12H15NO5S. The lowest BCUT2D eigenvalue weighted by Crippen LogP contribution is -2.31. The van der Waals surface area contributed by atoms with E-state index in [0.29, 0.717) is 11.5 Å². The molecule has 2 N–H and O–H groups in total. The summed E-state index contributed by atoms with van der Waals surface area (Å²) in [5, 5.41) is 9.18. The average molecular weight is 285 g/mol. The first kappa shape index (κ1) is 12.7. The fraction of sp³-hybridized carbons (Fsp3) is 0.500. The Hall–Kier alpha value is -1.31. The summed E-state index contributed by atoms with van der Waals surface area (Å²) in [6.45, 7) is 0.386. The number of aliphatic hydroxyl groups excluding tert-OH is 1. The van der Waals surface area contributed by atoms with Crippen LogP contribution in [0.1, 0.15) is 12.8 Å². The third-order valence-electron chi connectivity index (χ3n) is 3.58. The number of nitrogens with one attached hydrogen (secondary N) is 1. The normalized spacial score (nSPS) is 19.4. The first-order valence-corrected chi connectivity index (χ1v) is 7.53. The van der Waals surface area contributed by atoms with Crippen LogP contribution < -0.4 is 14.2 Å². The Bertz CT molecular complexity index is 594. The summed E-state index contributed by atoms with van der Waals surface area (Å²) in [6.07, 6.45) is 1.71. The molecule has 6 nitrogen and oxygen atoms in total. The number of sulfonamides is 1. The summed E-state index contributed by atoms with van der Waals surface area (Å²) in [5.74, 6) is 0.985. The molecule has 7 heteroatoms. The molecule has 1 aliphatic heterocycles. The van der Waals surface area contributed by atoms with E-state index in [0.717, 1.165) is 12.8 Å². The minimum absolute atomic E-state index is 0.0106. The fourth-order valence-corrected chi connectivity index (χ4v) is 3.12. The molecule has 1 aromatic rings. The highest BCUT2D eigenvalue weighted by atomic mass is 32.2. The Morgan fingerprint density at radius 1 is 1.26 bits per heavy atom. The highest BCUT2D eigenvalue weighted by Gasteiger charge is 2.42. The number of ether oxygens (including phenoxy) is 2. The smallest absolute Gasteiger partial charge is 0.240 e. The molecule has 1 aromatic carbocycles. The molecule has 0 bridgehead atoms. The Labute approximate surface area is 111 Å². The van der Waals surface area contributed by atoms with Crippen LogP contribution in [0.15, 0.2) is 23.1 Å². The molecule has 19 heavy (non-hydrogen) atoms. The molecule has 1 heterocycles. The third-order valence-corrected chi connectivity index (χ3v) is 4.98. The Balaban J connectivity index is 1.76. The van der Waals surface area contributed by atoms with Crippen molar-refractivity contribution in [1.82, 2.24) is 4.72 Å². The van der Waals surface area contributed by atoms with Gasteiger partial charge in [-0.05, 0) is 25.0 Å². The van der Waals surface area contributed by atoms with Crippen LogP contribution in [0, 0.1) is 5.41 Å². The van der Waals surface area contributed by atoms with Gasteiger partial charge in [0.2, 0.25) is 16.8 Å². The second-order valence-corrected chi connectivity index (χ2v) is 6.76. The number of rotatable bonds is 5. The molecule has 1 fully saturated rings. The molecule has 0 atom stereocenters. The van der Waals surface area contributed by atoms with E-state index in [1.165, 1.54) is 12.1 Å². The van der Waals surface area contributed by atoms with Gasteiger partial charge in [0.15, 0.2) is 11.5 Å². The SMILES string of the molecule is O=S(=O)(NCC1(CO)CC1)c1ccc2c(c1)OCO2. The maximum absolute atomic E-state index is 12.1. The summed E-state index contributed by atoms with van der Waals surface area (Å²) in [5.41, 5.74) is -0.261. The molecule has 104 valence electrons. The van der Waals surface area contributed by atoms with E-state index in [1.54, 1.807) is 6.07 Å². The number of aliphatic hydroxyl groups is 1. The molecule has 0 aromatic heterocycles. The molecule has 0 saturated heterocycles. The molecule has 0 unspecified atom stereocenters. The average Bonchev–Trinajstić information content (AvgIpc) is 3.05. The van der Waals surface area contributed by atoms with Crippen molar-refractivity contribution < 1.29 is 23.0 Å². The second-order valence-electron chi connectivity index (χ2n) is 5.00. The zero-order chi connectivity index (χ0) is 13.5. The second kappa shape index (κ2) is 4.36. The van der Waals surface area contributed by atoms with Crippen LogP contribution in [-0.2, 0) is 10.0 Å². The van der Waals surface area contributed by atoms with Crippen molar-refractivity contribution in [2.75, 3.05) is 19.9 Å². The van der Waals surface area contributed by atoms with Gasteiger partial charge in [0, 0.05) is 24.6 Å². The van der Waals surface area contributed by atoms with Gasteiger partial charge in [0.25, 0.3) is 0 Å². The van der Waals surface area contributed by atoms with Gasteiger partial charge in [-0.3, -0.25) is 0 Å². The van der Waals surface area contributed by atoms with Crippen LogP contribution in [-0.4, -0.2) is 33.5 Å². The molecule has 0 amide bonds. The van der Waals surface area contributed by atoms with Crippen molar-refractivity contribution >= 4 is 10.0 Å². The monoisotopic (exact) mass is 285 g/mol. The van der Waals surface area contributed by atoms with Crippen molar-refractivity contribution in [3.63, 3.8) is 0 Å². The first-order chi connectivity index (χ1) is 9.05. The van der Waals surface area contributed by atoms with Crippen molar-refractivity contribution in [2.24, 2.45) is 5.41 Å². The predicted octanol–water partition coefficient (Wildman–Crippen LogP) is 0.466. The Kier molecular flexibility index (Phi) is 2.92. The van der Waals surface area contributed by atoms with Crippen LogP contribution in [0.4, 0.5) is 0 Å². The summed E-state index contributed by atoms with van der Waals surface area (Å²) in [6, 6.07) is 4.51. The largest absolute Gasteiger partial charge is 0.454 e. The highest BCUT2D eigenvalue weighted by Crippen LogP contribution is 2.44. The van der Waals surface area contributed by atoms with Gasteiger partial charge in [0.05, 0.1) is 4.90 Å². The van der Waals surface area contributed by atoms with Gasteiger partial charge in [0.1, 0.15) is 0 Å². The number of fused-ring (bicyclic) bond motifs is 1. The molecule has 0 spiro atoms. The molecule has 1 saturated carbocycles. The first-order valence-electron chi connectivity index (χ1n) is 6.05. The quantitative estimate of drug-likeness (QED) is 0.821. The summed E-state index contributed by atoms with van der Waals surface area (Å²) < 4.78 is 37.1. The minimum Gasteiger partial charge on any atom is -0.454 e. The molecular weight excluding hydrogens is 270 g/mol. The van der Waals surface area contributed by atoms with Crippen LogP contribution in [0.5, 0.6) is 11.5 Å².